The average Bonchev–Trinajstić information content (AvgIpc) is 2.42. The molecule has 0 unspecified atom stereocenters. The molecule has 7 heteroatoms. The molecular weight excluding hydrogens is 290 g/mol. The second-order valence-corrected chi connectivity index (χ2v) is 5.51. The number of aromatic nitrogens is 2. The van der Waals surface area contributed by atoms with Crippen molar-refractivity contribution in [1.82, 2.24) is 15.3 Å². The summed E-state index contributed by atoms with van der Waals surface area (Å²) in [5.74, 6) is -1.24. The Balaban J connectivity index is 2.17. The minimum atomic E-state index is -1.07. The van der Waals surface area contributed by atoms with Crippen molar-refractivity contribution in [3.05, 3.63) is 30.0 Å². The molecule has 21 heavy (non-hydrogen) atoms. The molecule has 0 radical (unpaired) electrons. The highest BCUT2D eigenvalue weighted by Gasteiger charge is 2.19. The van der Waals surface area contributed by atoms with Crippen LogP contribution in [-0.2, 0) is 9.59 Å². The molecule has 2 aromatic rings. The minimum Gasteiger partial charge on any atom is -0.480 e. The first kappa shape index (κ1) is 15.2. The predicted octanol–water partition coefficient (Wildman–Crippen LogP) is 1.62. The maximum absolute atomic E-state index is 11.1. The van der Waals surface area contributed by atoms with Crippen LogP contribution in [0.2, 0.25) is 0 Å². The average molecular weight is 305 g/mol. The van der Waals surface area contributed by atoms with Crippen molar-refractivity contribution in [1.29, 1.82) is 0 Å². The van der Waals surface area contributed by atoms with E-state index in [-0.39, 0.29) is 11.7 Å². The molecule has 0 bridgehead atoms. The summed E-state index contributed by atoms with van der Waals surface area (Å²) in [5, 5.41) is 12.1. The van der Waals surface area contributed by atoms with Crippen LogP contribution in [0.1, 0.15) is 12.6 Å². The Labute approximate surface area is 126 Å². The van der Waals surface area contributed by atoms with Crippen LogP contribution in [0.15, 0.2) is 29.3 Å². The summed E-state index contributed by atoms with van der Waals surface area (Å²) in [5.41, 5.74) is 2.30. The number of fused-ring (bicyclic) bond motifs is 1. The van der Waals surface area contributed by atoms with Gasteiger partial charge in [-0.1, -0.05) is 12.1 Å². The van der Waals surface area contributed by atoms with Crippen LogP contribution >= 0.6 is 11.8 Å². The third-order valence-electron chi connectivity index (χ3n) is 2.76. The summed E-state index contributed by atoms with van der Waals surface area (Å²) < 4.78 is 0. The van der Waals surface area contributed by atoms with Gasteiger partial charge in [0.15, 0.2) is 0 Å². The SMILES string of the molecule is CC(=O)N[C@@H](CSc1nc2ccccc2nc1C)C(=O)O. The van der Waals surface area contributed by atoms with E-state index in [4.69, 9.17) is 5.11 Å². The Bertz CT molecular complexity index is 690. The normalized spacial score (nSPS) is 12.1. The molecule has 1 heterocycles. The smallest absolute Gasteiger partial charge is 0.327 e. The third-order valence-corrected chi connectivity index (χ3v) is 3.92. The molecule has 0 spiro atoms. The molecule has 0 aliphatic heterocycles. The van der Waals surface area contributed by atoms with E-state index < -0.39 is 12.0 Å². The second-order valence-electron chi connectivity index (χ2n) is 4.51. The van der Waals surface area contributed by atoms with Crippen molar-refractivity contribution in [3.8, 4) is 0 Å². The monoisotopic (exact) mass is 305 g/mol. The Hall–Kier alpha value is -2.15. The third kappa shape index (κ3) is 3.91. The topological polar surface area (TPSA) is 92.2 Å². The van der Waals surface area contributed by atoms with Gasteiger partial charge in [0.25, 0.3) is 0 Å². The molecule has 0 aliphatic rings. The highest BCUT2D eigenvalue weighted by atomic mass is 32.2. The fourth-order valence-corrected chi connectivity index (χ4v) is 2.76. The molecule has 1 amide bonds. The molecule has 2 N–H and O–H groups in total. The van der Waals surface area contributed by atoms with Gasteiger partial charge in [0.05, 0.1) is 16.7 Å². The summed E-state index contributed by atoms with van der Waals surface area (Å²) in [7, 11) is 0. The maximum Gasteiger partial charge on any atom is 0.327 e. The lowest BCUT2D eigenvalue weighted by Crippen LogP contribution is -2.41. The number of carboxylic acid groups (broad SMARTS) is 1. The first-order valence-electron chi connectivity index (χ1n) is 6.33. The van der Waals surface area contributed by atoms with Crippen molar-refractivity contribution in [2.75, 3.05) is 5.75 Å². The van der Waals surface area contributed by atoms with Gasteiger partial charge >= 0.3 is 5.97 Å². The molecule has 1 atom stereocenters. The minimum absolute atomic E-state index is 0.197. The van der Waals surface area contributed by atoms with Gasteiger partial charge in [0.2, 0.25) is 5.91 Å². The van der Waals surface area contributed by atoms with Gasteiger partial charge in [-0.15, -0.1) is 11.8 Å². The summed E-state index contributed by atoms with van der Waals surface area (Å²) in [6.45, 7) is 3.12. The van der Waals surface area contributed by atoms with Crippen molar-refractivity contribution >= 4 is 34.7 Å². The van der Waals surface area contributed by atoms with E-state index in [0.29, 0.717) is 5.03 Å². The van der Waals surface area contributed by atoms with Crippen LogP contribution in [-0.4, -0.2) is 38.7 Å². The standard InChI is InChI=1S/C14H15N3O3S/c1-8-13(17-11-6-4-3-5-10(11)15-8)21-7-12(14(19)20)16-9(2)18/h3-6,12H,7H2,1-2H3,(H,16,18)(H,19,20)/t12-/m0/s1. The van der Waals surface area contributed by atoms with Crippen LogP contribution in [0.25, 0.3) is 11.0 Å². The van der Waals surface area contributed by atoms with Gasteiger partial charge in [-0.25, -0.2) is 14.8 Å². The van der Waals surface area contributed by atoms with Gasteiger partial charge in [-0.2, -0.15) is 0 Å². The number of hydrogen-bond donors (Lipinski definition) is 2. The number of carbonyl (C=O) groups excluding carboxylic acids is 1. The number of para-hydroxylation sites is 2. The highest BCUT2D eigenvalue weighted by Crippen LogP contribution is 2.22. The van der Waals surface area contributed by atoms with Crippen LogP contribution in [0.4, 0.5) is 0 Å². The van der Waals surface area contributed by atoms with E-state index in [1.165, 1.54) is 18.7 Å². The van der Waals surface area contributed by atoms with Gasteiger partial charge in [0.1, 0.15) is 11.1 Å². The molecule has 1 aromatic carbocycles. The molecular formula is C14H15N3O3S. The predicted molar refractivity (Wildman–Crippen MR) is 80.2 cm³/mol. The van der Waals surface area contributed by atoms with E-state index in [9.17, 15) is 9.59 Å². The van der Waals surface area contributed by atoms with Crippen molar-refractivity contribution in [2.45, 2.75) is 24.9 Å². The number of rotatable bonds is 5. The number of amides is 1. The first-order chi connectivity index (χ1) is 9.97. The summed E-state index contributed by atoms with van der Waals surface area (Å²) in [6, 6.07) is 6.55. The molecule has 0 saturated carbocycles. The molecule has 0 aliphatic carbocycles. The van der Waals surface area contributed by atoms with E-state index in [1.54, 1.807) is 0 Å². The molecule has 0 saturated heterocycles. The number of thioether (sulfide) groups is 1. The van der Waals surface area contributed by atoms with E-state index in [1.807, 2.05) is 31.2 Å². The fraction of sp³-hybridized carbons (Fsp3) is 0.286. The van der Waals surface area contributed by atoms with Gasteiger partial charge in [0, 0.05) is 12.7 Å². The highest BCUT2D eigenvalue weighted by molar-refractivity contribution is 7.99. The number of nitrogens with one attached hydrogen (secondary N) is 1. The largest absolute Gasteiger partial charge is 0.480 e. The van der Waals surface area contributed by atoms with Crippen LogP contribution in [0, 0.1) is 6.92 Å². The molecule has 0 fully saturated rings. The summed E-state index contributed by atoms with van der Waals surface area (Å²) in [6.07, 6.45) is 0. The zero-order valence-electron chi connectivity index (χ0n) is 11.7. The van der Waals surface area contributed by atoms with E-state index in [0.717, 1.165) is 16.7 Å². The number of aliphatic carboxylic acids is 1. The first-order valence-corrected chi connectivity index (χ1v) is 7.32. The number of carboxylic acids is 1. The second kappa shape index (κ2) is 6.53. The molecule has 2 rings (SSSR count). The lowest BCUT2D eigenvalue weighted by molar-refractivity contribution is -0.140. The zero-order chi connectivity index (χ0) is 15.4. The number of benzene rings is 1. The quantitative estimate of drug-likeness (QED) is 0.816. The van der Waals surface area contributed by atoms with Crippen LogP contribution in [0.3, 0.4) is 0 Å². The molecule has 6 nitrogen and oxygen atoms in total. The summed E-state index contributed by atoms with van der Waals surface area (Å²) in [4.78, 5) is 31.0. The van der Waals surface area contributed by atoms with Crippen molar-refractivity contribution in [3.63, 3.8) is 0 Å². The van der Waals surface area contributed by atoms with E-state index in [2.05, 4.69) is 15.3 Å². The van der Waals surface area contributed by atoms with Crippen LogP contribution in [0.5, 0.6) is 0 Å². The molecule has 110 valence electrons. The lowest BCUT2D eigenvalue weighted by atomic mass is 10.3. The maximum atomic E-state index is 11.1. The Morgan fingerprint density at radius 2 is 1.90 bits per heavy atom. The fourth-order valence-electron chi connectivity index (χ4n) is 1.79. The summed E-state index contributed by atoms with van der Waals surface area (Å²) >= 11 is 1.27. The van der Waals surface area contributed by atoms with Gasteiger partial charge in [-0.05, 0) is 19.1 Å². The number of carbonyl (C=O) groups is 2. The Morgan fingerprint density at radius 3 is 2.48 bits per heavy atom. The van der Waals surface area contributed by atoms with Crippen molar-refractivity contribution in [2.24, 2.45) is 0 Å². The number of aryl methyl sites for hydroxylation is 1. The van der Waals surface area contributed by atoms with Gasteiger partial charge < -0.3 is 10.4 Å². The lowest BCUT2D eigenvalue weighted by Gasteiger charge is -2.13. The van der Waals surface area contributed by atoms with E-state index >= 15 is 0 Å². The Morgan fingerprint density at radius 1 is 1.29 bits per heavy atom. The van der Waals surface area contributed by atoms with Gasteiger partial charge in [-0.3, -0.25) is 4.79 Å². The van der Waals surface area contributed by atoms with Crippen molar-refractivity contribution < 1.29 is 14.7 Å². The molecule has 1 aromatic heterocycles. The Kier molecular flexibility index (Phi) is 4.74. The zero-order valence-corrected chi connectivity index (χ0v) is 12.5. The number of hydrogen-bond acceptors (Lipinski definition) is 5. The number of nitrogens with zero attached hydrogens (tertiary/aromatic N) is 2. The van der Waals surface area contributed by atoms with Crippen LogP contribution < -0.4 is 5.32 Å².